The zero-order chi connectivity index (χ0) is 18.3. The van der Waals surface area contributed by atoms with Gasteiger partial charge in [-0.05, 0) is 63.3 Å². The summed E-state index contributed by atoms with van der Waals surface area (Å²) in [6, 6.07) is 11.6. The third-order valence-electron chi connectivity index (χ3n) is 5.95. The lowest BCUT2D eigenvalue weighted by Crippen LogP contribution is -2.48. The molecule has 5 nitrogen and oxygen atoms in total. The molecular formula is C21H29ClN4O. The normalized spacial score (nSPS) is 23.7. The Bertz CT molecular complexity index is 789. The minimum absolute atomic E-state index is 0. The van der Waals surface area contributed by atoms with E-state index in [1.165, 1.54) is 12.8 Å². The summed E-state index contributed by atoms with van der Waals surface area (Å²) in [6.07, 6.45) is 4.66. The molecule has 1 aromatic heterocycles. The lowest BCUT2D eigenvalue weighted by Gasteiger charge is -2.35. The molecule has 146 valence electrons. The van der Waals surface area contributed by atoms with Crippen molar-refractivity contribution in [2.75, 3.05) is 7.05 Å². The fraction of sp³-hybridized carbons (Fsp3) is 0.524. The molecule has 27 heavy (non-hydrogen) atoms. The highest BCUT2D eigenvalue weighted by Gasteiger charge is 2.36. The van der Waals surface area contributed by atoms with E-state index in [4.69, 9.17) is 0 Å². The molecule has 2 aliphatic heterocycles. The molecule has 4 rings (SSSR count). The first-order chi connectivity index (χ1) is 12.5. The van der Waals surface area contributed by atoms with Crippen LogP contribution in [0.2, 0.25) is 0 Å². The van der Waals surface area contributed by atoms with E-state index >= 15 is 0 Å². The van der Waals surface area contributed by atoms with Crippen molar-refractivity contribution < 1.29 is 4.79 Å². The van der Waals surface area contributed by atoms with Gasteiger partial charge >= 0.3 is 0 Å². The SMILES string of the molecule is Cc1cc(C)n(Cc2ccc(C(=O)N(C)C3CC4CCC(C3)N4)cc2)n1.Cl. The summed E-state index contributed by atoms with van der Waals surface area (Å²) in [7, 11) is 1.96. The number of hydrogen-bond donors (Lipinski definition) is 1. The Morgan fingerprint density at radius 1 is 1.19 bits per heavy atom. The molecule has 0 radical (unpaired) electrons. The van der Waals surface area contributed by atoms with E-state index in [0.29, 0.717) is 18.1 Å². The van der Waals surface area contributed by atoms with Crippen molar-refractivity contribution in [3.8, 4) is 0 Å². The van der Waals surface area contributed by atoms with E-state index < -0.39 is 0 Å². The van der Waals surface area contributed by atoms with E-state index in [1.54, 1.807) is 0 Å². The zero-order valence-electron chi connectivity index (χ0n) is 16.3. The van der Waals surface area contributed by atoms with Crippen molar-refractivity contribution in [1.82, 2.24) is 20.0 Å². The number of benzene rings is 1. The number of carbonyl (C=O) groups is 1. The van der Waals surface area contributed by atoms with Gasteiger partial charge in [0.25, 0.3) is 5.91 Å². The number of hydrogen-bond acceptors (Lipinski definition) is 3. The van der Waals surface area contributed by atoms with E-state index in [2.05, 4.69) is 23.4 Å². The maximum absolute atomic E-state index is 12.9. The van der Waals surface area contributed by atoms with Gasteiger partial charge in [-0.15, -0.1) is 12.4 Å². The van der Waals surface area contributed by atoms with E-state index in [0.717, 1.165) is 41.9 Å². The second-order valence-electron chi connectivity index (χ2n) is 7.96. The van der Waals surface area contributed by atoms with Crippen LogP contribution in [-0.4, -0.2) is 45.8 Å². The van der Waals surface area contributed by atoms with Crippen molar-refractivity contribution in [1.29, 1.82) is 0 Å². The number of nitrogens with zero attached hydrogens (tertiary/aromatic N) is 3. The number of halogens is 1. The Kier molecular flexibility index (Phi) is 5.92. The molecule has 3 heterocycles. The van der Waals surface area contributed by atoms with Crippen LogP contribution in [0.4, 0.5) is 0 Å². The van der Waals surface area contributed by atoms with E-state index in [1.807, 2.05) is 47.8 Å². The van der Waals surface area contributed by atoms with Gasteiger partial charge < -0.3 is 10.2 Å². The largest absolute Gasteiger partial charge is 0.339 e. The van der Waals surface area contributed by atoms with E-state index in [9.17, 15) is 4.79 Å². The average molecular weight is 389 g/mol. The fourth-order valence-corrected chi connectivity index (χ4v) is 4.47. The van der Waals surface area contributed by atoms with Crippen LogP contribution >= 0.6 is 12.4 Å². The molecule has 0 aliphatic carbocycles. The number of nitrogens with one attached hydrogen (secondary N) is 1. The summed E-state index contributed by atoms with van der Waals surface area (Å²) in [6.45, 7) is 4.81. The molecule has 2 fully saturated rings. The monoisotopic (exact) mass is 388 g/mol. The predicted octanol–water partition coefficient (Wildman–Crippen LogP) is 3.33. The van der Waals surface area contributed by atoms with Gasteiger partial charge in [-0.2, -0.15) is 5.10 Å². The van der Waals surface area contributed by atoms with Crippen molar-refractivity contribution >= 4 is 18.3 Å². The summed E-state index contributed by atoms with van der Waals surface area (Å²) in [5.41, 5.74) is 4.13. The summed E-state index contributed by atoms with van der Waals surface area (Å²) in [5, 5.41) is 8.15. The third kappa shape index (κ3) is 4.19. The summed E-state index contributed by atoms with van der Waals surface area (Å²) in [4.78, 5) is 14.9. The van der Waals surface area contributed by atoms with Crippen LogP contribution in [0.3, 0.4) is 0 Å². The minimum Gasteiger partial charge on any atom is -0.339 e. The topological polar surface area (TPSA) is 50.2 Å². The van der Waals surface area contributed by atoms with Gasteiger partial charge in [0.15, 0.2) is 0 Å². The summed E-state index contributed by atoms with van der Waals surface area (Å²) < 4.78 is 2.00. The number of aryl methyl sites for hydroxylation is 2. The van der Waals surface area contributed by atoms with Crippen LogP contribution in [0.25, 0.3) is 0 Å². The van der Waals surface area contributed by atoms with Crippen molar-refractivity contribution in [2.24, 2.45) is 0 Å². The van der Waals surface area contributed by atoms with Gasteiger partial charge in [0, 0.05) is 36.4 Å². The lowest BCUT2D eigenvalue weighted by atomic mass is 9.98. The summed E-state index contributed by atoms with van der Waals surface area (Å²) >= 11 is 0. The van der Waals surface area contributed by atoms with Gasteiger partial charge in [0.05, 0.1) is 12.2 Å². The lowest BCUT2D eigenvalue weighted by molar-refractivity contribution is 0.0681. The molecule has 1 N–H and O–H groups in total. The zero-order valence-corrected chi connectivity index (χ0v) is 17.1. The highest BCUT2D eigenvalue weighted by molar-refractivity contribution is 5.94. The molecule has 2 atom stereocenters. The number of fused-ring (bicyclic) bond motifs is 2. The van der Waals surface area contributed by atoms with Gasteiger partial charge in [-0.25, -0.2) is 0 Å². The number of piperidine rings is 1. The first-order valence-corrected chi connectivity index (χ1v) is 9.63. The Morgan fingerprint density at radius 3 is 2.37 bits per heavy atom. The van der Waals surface area contributed by atoms with Crippen LogP contribution in [0, 0.1) is 13.8 Å². The molecule has 1 amide bonds. The van der Waals surface area contributed by atoms with Gasteiger partial charge in [-0.3, -0.25) is 9.48 Å². The Morgan fingerprint density at radius 2 is 1.81 bits per heavy atom. The average Bonchev–Trinajstić information content (AvgIpc) is 3.14. The number of aromatic nitrogens is 2. The van der Waals surface area contributed by atoms with Crippen LogP contribution in [0.5, 0.6) is 0 Å². The van der Waals surface area contributed by atoms with Crippen LogP contribution in [0.15, 0.2) is 30.3 Å². The first-order valence-electron chi connectivity index (χ1n) is 9.63. The number of amides is 1. The third-order valence-corrected chi connectivity index (χ3v) is 5.95. The molecule has 0 saturated carbocycles. The van der Waals surface area contributed by atoms with Gasteiger partial charge in [-0.1, -0.05) is 12.1 Å². The molecule has 2 bridgehead atoms. The van der Waals surface area contributed by atoms with Gasteiger partial charge in [0.1, 0.15) is 0 Å². The maximum Gasteiger partial charge on any atom is 0.253 e. The van der Waals surface area contributed by atoms with Crippen molar-refractivity contribution in [3.63, 3.8) is 0 Å². The molecule has 1 aromatic carbocycles. The fourth-order valence-electron chi connectivity index (χ4n) is 4.47. The Hall–Kier alpha value is -1.85. The van der Waals surface area contributed by atoms with Crippen molar-refractivity contribution in [3.05, 3.63) is 52.8 Å². The second kappa shape index (κ2) is 8.03. The highest BCUT2D eigenvalue weighted by Crippen LogP contribution is 2.29. The Balaban J connectivity index is 0.00000210. The van der Waals surface area contributed by atoms with Gasteiger partial charge in [0.2, 0.25) is 0 Å². The van der Waals surface area contributed by atoms with E-state index in [-0.39, 0.29) is 18.3 Å². The smallest absolute Gasteiger partial charge is 0.253 e. The molecule has 2 aliphatic rings. The molecule has 6 heteroatoms. The number of rotatable bonds is 4. The molecule has 2 unspecified atom stereocenters. The maximum atomic E-state index is 12.9. The molecule has 2 aromatic rings. The quantitative estimate of drug-likeness (QED) is 0.874. The molecule has 2 saturated heterocycles. The summed E-state index contributed by atoms with van der Waals surface area (Å²) in [5.74, 6) is 0.133. The first kappa shape index (κ1) is 19.9. The minimum atomic E-state index is 0. The van der Waals surface area contributed by atoms with Crippen LogP contribution in [0.1, 0.15) is 53.0 Å². The van der Waals surface area contributed by atoms with Crippen LogP contribution in [-0.2, 0) is 6.54 Å². The number of carbonyl (C=O) groups excluding carboxylic acids is 1. The second-order valence-corrected chi connectivity index (χ2v) is 7.96. The Labute approximate surface area is 167 Å². The predicted molar refractivity (Wildman–Crippen MR) is 110 cm³/mol. The highest BCUT2D eigenvalue weighted by atomic mass is 35.5. The van der Waals surface area contributed by atoms with Crippen molar-refractivity contribution in [2.45, 2.75) is 64.2 Å². The standard InChI is InChI=1S/C21H28N4O.ClH/c1-14-10-15(2)25(23-14)13-16-4-6-17(7-5-16)21(26)24(3)20-11-18-8-9-19(12-20)22-18;/h4-7,10,18-20,22H,8-9,11-13H2,1-3H3;1H. The molecule has 0 spiro atoms. The van der Waals surface area contributed by atoms with Crippen LogP contribution < -0.4 is 5.32 Å². The molecular weight excluding hydrogens is 360 g/mol.